The maximum atomic E-state index is 11.6. The molecule has 1 aliphatic heterocycles. The number of halogens is 1. The van der Waals surface area contributed by atoms with Crippen molar-refractivity contribution in [2.24, 2.45) is 5.92 Å². The summed E-state index contributed by atoms with van der Waals surface area (Å²) in [7, 11) is 1.66. The molecule has 0 spiro atoms. The van der Waals surface area contributed by atoms with Gasteiger partial charge >= 0.3 is 0 Å². The van der Waals surface area contributed by atoms with Crippen LogP contribution in [-0.2, 0) is 4.79 Å². The van der Waals surface area contributed by atoms with Crippen molar-refractivity contribution in [3.63, 3.8) is 0 Å². The monoisotopic (exact) mass is 278 g/mol. The van der Waals surface area contributed by atoms with E-state index in [1.165, 1.54) is 0 Å². The predicted molar refractivity (Wildman–Crippen MR) is 73.0 cm³/mol. The van der Waals surface area contributed by atoms with Gasteiger partial charge in [-0.2, -0.15) is 5.26 Å². The quantitative estimate of drug-likeness (QED) is 0.891. The smallest absolute Gasteiger partial charge is 0.222 e. The van der Waals surface area contributed by atoms with Gasteiger partial charge in [0.15, 0.2) is 0 Å². The van der Waals surface area contributed by atoms with Crippen LogP contribution >= 0.6 is 11.6 Å². The van der Waals surface area contributed by atoms with E-state index in [-0.39, 0.29) is 11.8 Å². The second kappa shape index (κ2) is 5.89. The molecule has 0 unspecified atom stereocenters. The van der Waals surface area contributed by atoms with Gasteiger partial charge in [0.05, 0.1) is 5.56 Å². The number of nitriles is 1. The molecule has 2 heterocycles. The zero-order valence-corrected chi connectivity index (χ0v) is 11.4. The first-order valence-corrected chi connectivity index (χ1v) is 6.56. The fourth-order valence-electron chi connectivity index (χ4n) is 2.30. The Kier molecular flexibility index (Phi) is 4.23. The largest absolute Gasteiger partial charge is 0.359 e. The Bertz CT molecular complexity index is 518. The molecule has 0 radical (unpaired) electrons. The Hall–Kier alpha value is -1.80. The van der Waals surface area contributed by atoms with Crippen molar-refractivity contribution in [1.29, 1.82) is 5.26 Å². The van der Waals surface area contributed by atoms with Crippen molar-refractivity contribution < 1.29 is 4.79 Å². The summed E-state index contributed by atoms with van der Waals surface area (Å²) in [6, 6.07) is 3.65. The molecule has 1 N–H and O–H groups in total. The highest BCUT2D eigenvalue weighted by atomic mass is 35.5. The summed E-state index contributed by atoms with van der Waals surface area (Å²) in [6.07, 6.45) is 3.13. The van der Waals surface area contributed by atoms with Crippen LogP contribution in [0.1, 0.15) is 18.4 Å². The van der Waals surface area contributed by atoms with E-state index in [1.54, 1.807) is 19.3 Å². The summed E-state index contributed by atoms with van der Waals surface area (Å²) < 4.78 is 0. The van der Waals surface area contributed by atoms with Crippen molar-refractivity contribution in [3.8, 4) is 6.07 Å². The molecule has 0 aliphatic carbocycles. The van der Waals surface area contributed by atoms with Gasteiger partial charge in [0.1, 0.15) is 16.9 Å². The second-order valence-corrected chi connectivity index (χ2v) is 4.86. The molecule has 100 valence electrons. The number of nitrogens with zero attached hydrogens (tertiary/aromatic N) is 3. The molecule has 1 aliphatic rings. The number of nitrogens with one attached hydrogen (secondary N) is 1. The molecule has 0 saturated carbocycles. The number of hydrogen-bond donors (Lipinski definition) is 1. The van der Waals surface area contributed by atoms with Gasteiger partial charge in [0.2, 0.25) is 5.91 Å². The molecule has 2 rings (SSSR count). The molecule has 5 nitrogen and oxygen atoms in total. The topological polar surface area (TPSA) is 69.0 Å². The van der Waals surface area contributed by atoms with Crippen molar-refractivity contribution in [2.75, 3.05) is 25.0 Å². The van der Waals surface area contributed by atoms with Crippen LogP contribution in [0.3, 0.4) is 0 Å². The number of piperidine rings is 1. The number of carbonyl (C=O) groups is 1. The zero-order chi connectivity index (χ0) is 13.8. The Morgan fingerprint density at radius 3 is 2.84 bits per heavy atom. The maximum Gasteiger partial charge on any atom is 0.222 e. The molecule has 1 aromatic rings. The standard InChI is InChI=1S/C13H15ClN4O/c1-16-13(19)9-3-6-18(7-4-9)12-11(14)10(8-15)2-5-17-12/h2,5,9H,3-4,6-7H2,1H3,(H,16,19). The minimum absolute atomic E-state index is 0.0548. The van der Waals surface area contributed by atoms with E-state index in [4.69, 9.17) is 16.9 Å². The number of rotatable bonds is 2. The normalized spacial score (nSPS) is 15.9. The number of carbonyl (C=O) groups excluding carboxylic acids is 1. The second-order valence-electron chi connectivity index (χ2n) is 4.48. The van der Waals surface area contributed by atoms with Crippen molar-refractivity contribution in [2.45, 2.75) is 12.8 Å². The molecule has 0 aromatic carbocycles. The number of amides is 1. The lowest BCUT2D eigenvalue weighted by molar-refractivity contribution is -0.125. The third-order valence-corrected chi connectivity index (χ3v) is 3.78. The van der Waals surface area contributed by atoms with Crippen LogP contribution in [-0.4, -0.2) is 31.0 Å². The molecule has 6 heteroatoms. The Labute approximate surface area is 117 Å². The Morgan fingerprint density at radius 1 is 1.58 bits per heavy atom. The summed E-state index contributed by atoms with van der Waals surface area (Å²) in [5, 5.41) is 12.0. The number of hydrogen-bond acceptors (Lipinski definition) is 4. The molecule has 1 fully saturated rings. The number of anilines is 1. The zero-order valence-electron chi connectivity index (χ0n) is 10.7. The van der Waals surface area contributed by atoms with Crippen LogP contribution in [0.5, 0.6) is 0 Å². The lowest BCUT2D eigenvalue weighted by Crippen LogP contribution is -2.40. The fraction of sp³-hybridized carbons (Fsp3) is 0.462. The highest BCUT2D eigenvalue weighted by Gasteiger charge is 2.26. The van der Waals surface area contributed by atoms with Crippen LogP contribution in [0.15, 0.2) is 12.3 Å². The van der Waals surface area contributed by atoms with Gasteiger partial charge in [-0.05, 0) is 18.9 Å². The van der Waals surface area contributed by atoms with Crippen LogP contribution < -0.4 is 10.2 Å². The summed E-state index contributed by atoms with van der Waals surface area (Å²) in [4.78, 5) is 17.8. The number of aromatic nitrogens is 1. The van der Waals surface area contributed by atoms with Gasteiger partial charge in [0, 0.05) is 32.3 Å². The highest BCUT2D eigenvalue weighted by Crippen LogP contribution is 2.29. The van der Waals surface area contributed by atoms with Gasteiger partial charge in [-0.3, -0.25) is 4.79 Å². The van der Waals surface area contributed by atoms with Gasteiger partial charge in [0.25, 0.3) is 0 Å². The fourth-order valence-corrected chi connectivity index (χ4v) is 2.57. The molecule has 1 amide bonds. The van der Waals surface area contributed by atoms with Gasteiger partial charge in [-0.1, -0.05) is 11.6 Å². The van der Waals surface area contributed by atoms with Crippen LogP contribution in [0.25, 0.3) is 0 Å². The van der Waals surface area contributed by atoms with E-state index < -0.39 is 0 Å². The first kappa shape index (κ1) is 13.6. The van der Waals surface area contributed by atoms with E-state index in [2.05, 4.69) is 10.3 Å². The first-order chi connectivity index (χ1) is 9.17. The van der Waals surface area contributed by atoms with E-state index in [0.29, 0.717) is 16.4 Å². The molecular formula is C13H15ClN4O. The Morgan fingerprint density at radius 2 is 2.26 bits per heavy atom. The average Bonchev–Trinajstić information content (AvgIpc) is 2.47. The Balaban J connectivity index is 2.10. The van der Waals surface area contributed by atoms with Gasteiger partial charge < -0.3 is 10.2 Å². The van der Waals surface area contributed by atoms with Crippen LogP contribution in [0.4, 0.5) is 5.82 Å². The summed E-state index contributed by atoms with van der Waals surface area (Å²) >= 11 is 6.16. The maximum absolute atomic E-state index is 11.6. The molecule has 0 atom stereocenters. The minimum Gasteiger partial charge on any atom is -0.359 e. The van der Waals surface area contributed by atoms with Crippen LogP contribution in [0.2, 0.25) is 5.02 Å². The lowest BCUT2D eigenvalue weighted by atomic mass is 9.96. The summed E-state index contributed by atoms with van der Waals surface area (Å²) in [5.41, 5.74) is 0.431. The van der Waals surface area contributed by atoms with Gasteiger partial charge in [-0.15, -0.1) is 0 Å². The minimum atomic E-state index is 0.0548. The first-order valence-electron chi connectivity index (χ1n) is 6.18. The SMILES string of the molecule is CNC(=O)C1CCN(c2nccc(C#N)c2Cl)CC1. The van der Waals surface area contributed by atoms with E-state index >= 15 is 0 Å². The molecular weight excluding hydrogens is 264 g/mol. The van der Waals surface area contributed by atoms with Gasteiger partial charge in [-0.25, -0.2) is 4.98 Å². The predicted octanol–water partition coefficient (Wildman–Crippen LogP) is 1.57. The molecule has 0 bridgehead atoms. The summed E-state index contributed by atoms with van der Waals surface area (Å²) in [6.45, 7) is 1.44. The van der Waals surface area contributed by atoms with Crippen molar-refractivity contribution >= 4 is 23.3 Å². The third kappa shape index (κ3) is 2.79. The third-order valence-electron chi connectivity index (χ3n) is 3.40. The van der Waals surface area contributed by atoms with Crippen molar-refractivity contribution in [1.82, 2.24) is 10.3 Å². The molecule has 19 heavy (non-hydrogen) atoms. The van der Waals surface area contributed by atoms with E-state index in [1.807, 2.05) is 11.0 Å². The van der Waals surface area contributed by atoms with E-state index in [0.717, 1.165) is 25.9 Å². The van der Waals surface area contributed by atoms with Crippen molar-refractivity contribution in [3.05, 3.63) is 22.8 Å². The average molecular weight is 279 g/mol. The van der Waals surface area contributed by atoms with Crippen LogP contribution in [0, 0.1) is 17.2 Å². The molecule has 1 aromatic heterocycles. The van der Waals surface area contributed by atoms with E-state index in [9.17, 15) is 4.79 Å². The lowest BCUT2D eigenvalue weighted by Gasteiger charge is -2.32. The number of pyridine rings is 1. The highest BCUT2D eigenvalue weighted by molar-refractivity contribution is 6.34. The molecule has 1 saturated heterocycles. The summed E-state index contributed by atoms with van der Waals surface area (Å²) in [5.74, 6) is 0.778.